The predicted molar refractivity (Wildman–Crippen MR) is 189 cm³/mol. The summed E-state index contributed by atoms with van der Waals surface area (Å²) in [5, 5.41) is 11.0. The smallest absolute Gasteiger partial charge is 0.272 e. The highest BCUT2D eigenvalue weighted by Crippen LogP contribution is 2.26. The number of aryl methyl sites for hydroxylation is 1. The number of thioether (sulfide) groups is 1. The Hall–Kier alpha value is -4.99. The van der Waals surface area contributed by atoms with Crippen LogP contribution in [0.3, 0.4) is 0 Å². The molecule has 0 unspecified atom stereocenters. The molecule has 5 aromatic rings. The molecular weight excluding hydrogens is 613 g/mol. The molecule has 0 radical (unpaired) electrons. The Labute approximate surface area is 277 Å². The molecule has 232 valence electrons. The molecule has 46 heavy (non-hydrogen) atoms. The molecule has 0 fully saturated rings. The van der Waals surface area contributed by atoms with E-state index in [1.54, 1.807) is 48.5 Å². The summed E-state index contributed by atoms with van der Waals surface area (Å²) in [6.07, 6.45) is 1.66. The molecule has 1 aromatic heterocycles. The number of thiazole rings is 1. The van der Waals surface area contributed by atoms with Crippen LogP contribution in [0.4, 0.5) is 10.8 Å². The van der Waals surface area contributed by atoms with E-state index in [-0.39, 0.29) is 23.3 Å². The lowest BCUT2D eigenvalue weighted by molar-refractivity contribution is -0.114. The van der Waals surface area contributed by atoms with Crippen molar-refractivity contribution >= 4 is 57.7 Å². The van der Waals surface area contributed by atoms with Crippen LogP contribution in [-0.2, 0) is 9.59 Å². The fourth-order valence-corrected chi connectivity index (χ4v) is 5.93. The van der Waals surface area contributed by atoms with E-state index in [9.17, 15) is 14.4 Å². The van der Waals surface area contributed by atoms with Crippen LogP contribution >= 0.6 is 23.1 Å². The van der Waals surface area contributed by atoms with Gasteiger partial charge in [-0.1, -0.05) is 92.2 Å². The molecular formula is C37H34N4O3S2. The summed E-state index contributed by atoms with van der Waals surface area (Å²) in [4.78, 5) is 44.5. The largest absolute Gasteiger partial charge is 0.321 e. The molecule has 5 rings (SSSR count). The van der Waals surface area contributed by atoms with Crippen LogP contribution < -0.4 is 16.0 Å². The molecule has 0 atom stereocenters. The van der Waals surface area contributed by atoms with Gasteiger partial charge in [-0.25, -0.2) is 4.98 Å². The number of aromatic nitrogens is 1. The van der Waals surface area contributed by atoms with Gasteiger partial charge in [0.25, 0.3) is 11.8 Å². The highest BCUT2D eigenvalue weighted by molar-refractivity contribution is 8.00. The molecule has 4 aromatic carbocycles. The van der Waals surface area contributed by atoms with Gasteiger partial charge in [0.1, 0.15) is 5.70 Å². The third-order valence-electron chi connectivity index (χ3n) is 7.00. The average molecular weight is 647 g/mol. The fraction of sp³-hybridized carbons (Fsp3) is 0.135. The van der Waals surface area contributed by atoms with Crippen LogP contribution in [0, 0.1) is 6.92 Å². The second-order valence-electron chi connectivity index (χ2n) is 10.9. The second kappa shape index (κ2) is 15.3. The SMILES string of the molecule is Cc1ccc(-c2csc(NC(=O)CSc3cccc(NC(=O)/C(=C\c4ccc(C(C)C)cc4)NC(=O)c4ccccc4)c3)n2)cc1. The van der Waals surface area contributed by atoms with Crippen LogP contribution in [0.1, 0.15) is 46.8 Å². The van der Waals surface area contributed by atoms with Gasteiger partial charge in [0.05, 0.1) is 11.4 Å². The topological polar surface area (TPSA) is 100 Å². The van der Waals surface area contributed by atoms with E-state index in [4.69, 9.17) is 0 Å². The first-order valence-corrected chi connectivity index (χ1v) is 16.6. The summed E-state index contributed by atoms with van der Waals surface area (Å²) >= 11 is 2.73. The van der Waals surface area contributed by atoms with E-state index < -0.39 is 5.91 Å². The van der Waals surface area contributed by atoms with Crippen LogP contribution in [-0.4, -0.2) is 28.5 Å². The van der Waals surface area contributed by atoms with Crippen molar-refractivity contribution in [2.45, 2.75) is 31.6 Å². The van der Waals surface area contributed by atoms with Crippen LogP contribution in [0.5, 0.6) is 0 Å². The molecule has 1 heterocycles. The summed E-state index contributed by atoms with van der Waals surface area (Å²) in [7, 11) is 0. The summed E-state index contributed by atoms with van der Waals surface area (Å²) < 4.78 is 0. The van der Waals surface area contributed by atoms with E-state index in [0.717, 1.165) is 21.7 Å². The summed E-state index contributed by atoms with van der Waals surface area (Å²) in [6.45, 7) is 6.27. The Bertz CT molecular complexity index is 1850. The summed E-state index contributed by atoms with van der Waals surface area (Å²) in [5.41, 5.74) is 6.03. The zero-order valence-electron chi connectivity index (χ0n) is 25.7. The maximum absolute atomic E-state index is 13.5. The van der Waals surface area contributed by atoms with Crippen molar-refractivity contribution in [1.29, 1.82) is 0 Å². The normalized spacial score (nSPS) is 11.3. The number of nitrogens with zero attached hydrogens (tertiary/aromatic N) is 1. The zero-order valence-corrected chi connectivity index (χ0v) is 27.4. The van der Waals surface area contributed by atoms with E-state index in [1.807, 2.05) is 73.0 Å². The first-order valence-electron chi connectivity index (χ1n) is 14.8. The van der Waals surface area contributed by atoms with Crippen LogP contribution in [0.2, 0.25) is 0 Å². The van der Waals surface area contributed by atoms with Crippen molar-refractivity contribution in [2.24, 2.45) is 0 Å². The van der Waals surface area contributed by atoms with Crippen molar-refractivity contribution in [3.8, 4) is 11.3 Å². The number of rotatable bonds is 11. The number of hydrogen-bond acceptors (Lipinski definition) is 6. The van der Waals surface area contributed by atoms with Gasteiger partial charge in [-0.2, -0.15) is 0 Å². The lowest BCUT2D eigenvalue weighted by Crippen LogP contribution is -2.30. The predicted octanol–water partition coefficient (Wildman–Crippen LogP) is 8.38. The first kappa shape index (κ1) is 32.4. The number of anilines is 2. The van der Waals surface area contributed by atoms with Gasteiger partial charge < -0.3 is 16.0 Å². The molecule has 0 bridgehead atoms. The Morgan fingerprint density at radius 3 is 2.33 bits per heavy atom. The fourth-order valence-electron chi connectivity index (χ4n) is 4.44. The van der Waals surface area contributed by atoms with E-state index in [2.05, 4.69) is 34.8 Å². The van der Waals surface area contributed by atoms with Gasteiger partial charge >= 0.3 is 0 Å². The van der Waals surface area contributed by atoms with Crippen molar-refractivity contribution in [1.82, 2.24) is 10.3 Å². The van der Waals surface area contributed by atoms with Gasteiger partial charge in [-0.15, -0.1) is 23.1 Å². The molecule has 0 aliphatic rings. The maximum atomic E-state index is 13.5. The van der Waals surface area contributed by atoms with E-state index >= 15 is 0 Å². The van der Waals surface area contributed by atoms with Crippen LogP contribution in [0.15, 0.2) is 119 Å². The Morgan fingerprint density at radius 2 is 1.61 bits per heavy atom. The van der Waals surface area contributed by atoms with Gasteiger partial charge in [-0.3, -0.25) is 14.4 Å². The minimum atomic E-state index is -0.467. The maximum Gasteiger partial charge on any atom is 0.272 e. The van der Waals surface area contributed by atoms with Gasteiger partial charge in [0.2, 0.25) is 5.91 Å². The summed E-state index contributed by atoms with van der Waals surface area (Å²) in [5.74, 6) is -0.491. The van der Waals surface area contributed by atoms with Gasteiger partial charge in [0, 0.05) is 27.1 Å². The Kier molecular flexibility index (Phi) is 10.8. The van der Waals surface area contributed by atoms with Crippen molar-refractivity contribution < 1.29 is 14.4 Å². The molecule has 3 amide bonds. The minimum Gasteiger partial charge on any atom is -0.321 e. The summed E-state index contributed by atoms with van der Waals surface area (Å²) in [6, 6.07) is 31.9. The third-order valence-corrected chi connectivity index (χ3v) is 8.75. The number of carbonyl (C=O) groups is 3. The number of carbonyl (C=O) groups excluding carboxylic acids is 3. The molecule has 9 heteroatoms. The average Bonchev–Trinajstić information content (AvgIpc) is 3.53. The monoisotopic (exact) mass is 646 g/mol. The molecule has 0 aliphatic carbocycles. The zero-order chi connectivity index (χ0) is 32.5. The Morgan fingerprint density at radius 1 is 0.870 bits per heavy atom. The Balaban J connectivity index is 1.23. The van der Waals surface area contributed by atoms with Crippen molar-refractivity contribution in [2.75, 3.05) is 16.4 Å². The molecule has 0 saturated carbocycles. The van der Waals surface area contributed by atoms with Gasteiger partial charge in [-0.05, 0) is 60.4 Å². The van der Waals surface area contributed by atoms with Crippen LogP contribution in [0.25, 0.3) is 17.3 Å². The quantitative estimate of drug-likeness (QED) is 0.0989. The van der Waals surface area contributed by atoms with Crippen molar-refractivity contribution in [3.63, 3.8) is 0 Å². The number of nitrogens with one attached hydrogen (secondary N) is 3. The molecule has 7 nitrogen and oxygen atoms in total. The second-order valence-corrected chi connectivity index (χ2v) is 12.8. The molecule has 0 saturated heterocycles. The standard InChI is InChI=1S/C37H34N4O3S2/c1-24(2)27-18-14-26(15-19-27)20-32(39-35(43)29-8-5-4-6-9-29)36(44)38-30-10-7-11-31(21-30)45-23-34(42)41-37-40-33(22-46-37)28-16-12-25(3)13-17-28/h4-22,24H,23H2,1-3H3,(H,38,44)(H,39,43)(H,40,41,42)/b32-20+. The first-order chi connectivity index (χ1) is 22.2. The highest BCUT2D eigenvalue weighted by Gasteiger charge is 2.16. The molecule has 3 N–H and O–H groups in total. The number of benzene rings is 4. The third kappa shape index (κ3) is 9.03. The van der Waals surface area contributed by atoms with Crippen molar-refractivity contribution in [3.05, 3.63) is 136 Å². The molecule has 0 aliphatic heterocycles. The minimum absolute atomic E-state index is 0.108. The lowest BCUT2D eigenvalue weighted by atomic mass is 10.0. The molecule has 0 spiro atoms. The van der Waals surface area contributed by atoms with Gasteiger partial charge in [0.15, 0.2) is 5.13 Å². The van der Waals surface area contributed by atoms with E-state index in [0.29, 0.717) is 22.3 Å². The lowest BCUT2D eigenvalue weighted by Gasteiger charge is -2.12. The number of hydrogen-bond donors (Lipinski definition) is 3. The van der Waals surface area contributed by atoms with E-state index in [1.165, 1.54) is 34.2 Å². The highest BCUT2D eigenvalue weighted by atomic mass is 32.2. The number of amides is 3.